The molecule has 0 spiro atoms. The van der Waals surface area contributed by atoms with Gasteiger partial charge in [0.25, 0.3) is 0 Å². The van der Waals surface area contributed by atoms with Gasteiger partial charge in [0.2, 0.25) is 0 Å². The summed E-state index contributed by atoms with van der Waals surface area (Å²) in [4.78, 5) is 15.7. The molecule has 3 nitrogen and oxygen atoms in total. The molecule has 1 aromatic carbocycles. The number of ether oxygens (including phenoxy) is 1. The molecular weight excluding hydrogens is 265 g/mol. The number of hydrogen-bond acceptors (Lipinski definition) is 4. The van der Waals surface area contributed by atoms with E-state index in [9.17, 15) is 9.18 Å². The number of aromatic nitrogens is 1. The summed E-state index contributed by atoms with van der Waals surface area (Å²) in [7, 11) is 1.24. The highest BCUT2D eigenvalue weighted by molar-refractivity contribution is 7.19. The average molecular weight is 272 g/mol. The van der Waals surface area contributed by atoms with Crippen molar-refractivity contribution in [2.75, 3.05) is 7.11 Å². The smallest absolute Gasteiger partial charge is 0.358 e. The van der Waals surface area contributed by atoms with Crippen molar-refractivity contribution < 1.29 is 13.9 Å². The predicted octanol–water partition coefficient (Wildman–Crippen LogP) is 3.39. The highest BCUT2D eigenvalue weighted by Crippen LogP contribution is 2.34. The van der Waals surface area contributed by atoms with Crippen LogP contribution in [0, 0.1) is 5.82 Å². The number of nitrogens with zero attached hydrogens (tertiary/aromatic N) is 1. The van der Waals surface area contributed by atoms with Crippen LogP contribution in [0.5, 0.6) is 0 Å². The van der Waals surface area contributed by atoms with Crippen LogP contribution >= 0.6 is 22.9 Å². The lowest BCUT2D eigenvalue weighted by molar-refractivity contribution is 0.0596. The molecule has 0 aliphatic carbocycles. The number of esters is 1. The number of carbonyl (C=O) groups is 1. The molecule has 0 N–H and O–H groups in total. The molecule has 0 aliphatic rings. The molecule has 0 amide bonds. The molecule has 0 radical (unpaired) electrons. The summed E-state index contributed by atoms with van der Waals surface area (Å²) in [5.74, 6) is -1.07. The van der Waals surface area contributed by atoms with Gasteiger partial charge in [0.1, 0.15) is 5.82 Å². The van der Waals surface area contributed by atoms with Crippen LogP contribution in [0.3, 0.4) is 0 Å². The highest BCUT2D eigenvalue weighted by Gasteiger charge is 2.21. The minimum atomic E-state index is -0.633. The lowest BCUT2D eigenvalue weighted by Gasteiger charge is -2.01. The summed E-state index contributed by atoms with van der Waals surface area (Å²) >= 11 is 6.78. The van der Waals surface area contributed by atoms with Crippen LogP contribution in [0.25, 0.3) is 10.4 Å². The monoisotopic (exact) mass is 271 g/mol. The van der Waals surface area contributed by atoms with E-state index in [4.69, 9.17) is 11.6 Å². The Morgan fingerprint density at radius 2 is 2.18 bits per heavy atom. The number of hydrogen-bond donors (Lipinski definition) is 0. The SMILES string of the molecule is COC(=O)c1nc(Cl)sc1-c1ccccc1F. The van der Waals surface area contributed by atoms with E-state index >= 15 is 0 Å². The molecule has 1 heterocycles. The molecular formula is C11H7ClFNO2S. The van der Waals surface area contributed by atoms with E-state index < -0.39 is 11.8 Å². The molecule has 0 fully saturated rings. The Balaban J connectivity index is 2.60. The third kappa shape index (κ3) is 2.30. The molecule has 17 heavy (non-hydrogen) atoms. The largest absolute Gasteiger partial charge is 0.464 e. The van der Waals surface area contributed by atoms with Crippen LogP contribution < -0.4 is 0 Å². The molecule has 1 aromatic heterocycles. The number of benzene rings is 1. The van der Waals surface area contributed by atoms with Crippen molar-refractivity contribution in [3.05, 3.63) is 40.2 Å². The molecule has 0 atom stereocenters. The van der Waals surface area contributed by atoms with Gasteiger partial charge in [-0.05, 0) is 6.07 Å². The zero-order valence-corrected chi connectivity index (χ0v) is 10.3. The van der Waals surface area contributed by atoms with E-state index in [1.54, 1.807) is 18.2 Å². The van der Waals surface area contributed by atoms with Gasteiger partial charge >= 0.3 is 5.97 Å². The van der Waals surface area contributed by atoms with E-state index in [0.717, 1.165) is 11.3 Å². The minimum absolute atomic E-state index is 0.0348. The number of carbonyl (C=O) groups excluding carboxylic acids is 1. The first kappa shape index (κ1) is 12.0. The fraction of sp³-hybridized carbons (Fsp3) is 0.0909. The molecule has 2 rings (SSSR count). The molecule has 0 saturated carbocycles. The summed E-state index contributed by atoms with van der Waals surface area (Å²) in [5.41, 5.74) is 0.324. The van der Waals surface area contributed by atoms with Crippen molar-refractivity contribution in [1.29, 1.82) is 0 Å². The quantitative estimate of drug-likeness (QED) is 0.786. The third-order valence-corrected chi connectivity index (χ3v) is 3.29. The van der Waals surface area contributed by atoms with Crippen molar-refractivity contribution in [3.8, 4) is 10.4 Å². The molecule has 0 aliphatic heterocycles. The molecule has 0 bridgehead atoms. The van der Waals surface area contributed by atoms with Gasteiger partial charge in [-0.1, -0.05) is 29.8 Å². The normalized spacial score (nSPS) is 10.3. The summed E-state index contributed by atoms with van der Waals surface area (Å²) in [6.07, 6.45) is 0. The molecule has 6 heteroatoms. The fourth-order valence-electron chi connectivity index (χ4n) is 1.36. The minimum Gasteiger partial charge on any atom is -0.464 e. The van der Waals surface area contributed by atoms with Gasteiger partial charge in [-0.15, -0.1) is 11.3 Å². The van der Waals surface area contributed by atoms with Gasteiger partial charge in [0.05, 0.1) is 12.0 Å². The van der Waals surface area contributed by atoms with Crippen molar-refractivity contribution in [2.45, 2.75) is 0 Å². The van der Waals surface area contributed by atoms with Gasteiger partial charge in [-0.25, -0.2) is 14.2 Å². The third-order valence-electron chi connectivity index (χ3n) is 2.10. The van der Waals surface area contributed by atoms with Crippen LogP contribution in [-0.4, -0.2) is 18.1 Å². The Morgan fingerprint density at radius 1 is 1.47 bits per heavy atom. The summed E-state index contributed by atoms with van der Waals surface area (Å²) in [5, 5.41) is 0. The number of methoxy groups -OCH3 is 1. The lowest BCUT2D eigenvalue weighted by Crippen LogP contribution is -2.03. The van der Waals surface area contributed by atoms with E-state index in [0.29, 0.717) is 4.88 Å². The van der Waals surface area contributed by atoms with E-state index in [1.807, 2.05) is 0 Å². The second-order valence-corrected chi connectivity index (χ2v) is 4.70. The Kier molecular flexibility index (Phi) is 3.40. The predicted molar refractivity (Wildman–Crippen MR) is 63.9 cm³/mol. The Morgan fingerprint density at radius 3 is 2.82 bits per heavy atom. The van der Waals surface area contributed by atoms with Crippen molar-refractivity contribution in [1.82, 2.24) is 4.98 Å². The Bertz CT molecular complexity index is 570. The topological polar surface area (TPSA) is 39.2 Å². The van der Waals surface area contributed by atoms with Crippen molar-refractivity contribution >= 4 is 28.9 Å². The van der Waals surface area contributed by atoms with Crippen molar-refractivity contribution in [3.63, 3.8) is 0 Å². The second-order valence-electron chi connectivity index (χ2n) is 3.12. The lowest BCUT2D eigenvalue weighted by atomic mass is 10.1. The van der Waals surface area contributed by atoms with E-state index in [2.05, 4.69) is 9.72 Å². The molecule has 0 unspecified atom stereocenters. The van der Waals surface area contributed by atoms with Crippen LogP contribution in [0.2, 0.25) is 4.47 Å². The zero-order chi connectivity index (χ0) is 12.4. The number of thiazole rings is 1. The van der Waals surface area contributed by atoms with Crippen LogP contribution in [0.15, 0.2) is 24.3 Å². The summed E-state index contributed by atoms with van der Waals surface area (Å²) in [6, 6.07) is 6.11. The Hall–Kier alpha value is -1.46. The van der Waals surface area contributed by atoms with Crippen LogP contribution in [0.1, 0.15) is 10.5 Å². The highest BCUT2D eigenvalue weighted by atomic mass is 35.5. The van der Waals surface area contributed by atoms with Gasteiger partial charge in [0.15, 0.2) is 10.2 Å². The second kappa shape index (κ2) is 4.81. The molecule has 88 valence electrons. The summed E-state index contributed by atoms with van der Waals surface area (Å²) < 4.78 is 18.4. The molecule has 0 saturated heterocycles. The average Bonchev–Trinajstić information content (AvgIpc) is 2.71. The first-order valence-electron chi connectivity index (χ1n) is 4.63. The van der Waals surface area contributed by atoms with Crippen molar-refractivity contribution in [2.24, 2.45) is 0 Å². The van der Waals surface area contributed by atoms with Gasteiger partial charge < -0.3 is 4.74 Å². The molecule has 2 aromatic rings. The van der Waals surface area contributed by atoms with E-state index in [1.165, 1.54) is 13.2 Å². The van der Waals surface area contributed by atoms with Gasteiger partial charge in [-0.2, -0.15) is 0 Å². The fourth-order valence-corrected chi connectivity index (χ4v) is 2.48. The first-order valence-corrected chi connectivity index (χ1v) is 5.82. The maximum Gasteiger partial charge on any atom is 0.358 e. The van der Waals surface area contributed by atoms with Crippen LogP contribution in [0.4, 0.5) is 4.39 Å². The van der Waals surface area contributed by atoms with Crippen LogP contribution in [-0.2, 0) is 4.74 Å². The maximum atomic E-state index is 13.6. The first-order chi connectivity index (χ1) is 8.13. The van der Waals surface area contributed by atoms with Gasteiger partial charge in [-0.3, -0.25) is 0 Å². The number of rotatable bonds is 2. The standard InChI is InChI=1S/C11H7ClFNO2S/c1-16-10(15)8-9(17-11(12)14-8)6-4-2-3-5-7(6)13/h2-5H,1H3. The maximum absolute atomic E-state index is 13.6. The zero-order valence-electron chi connectivity index (χ0n) is 8.74. The van der Waals surface area contributed by atoms with E-state index in [-0.39, 0.29) is 15.7 Å². The Labute approximate surface area is 106 Å². The summed E-state index contributed by atoms with van der Waals surface area (Å²) in [6.45, 7) is 0. The van der Waals surface area contributed by atoms with Gasteiger partial charge in [0, 0.05) is 5.56 Å². The number of halogens is 2.